The summed E-state index contributed by atoms with van der Waals surface area (Å²) >= 11 is 0. The second-order valence-electron chi connectivity index (χ2n) is 8.38. The molecular weight excluding hydrogens is 376 g/mol. The molecule has 1 fully saturated rings. The van der Waals surface area contributed by atoms with Crippen LogP contribution in [0, 0.1) is 11.8 Å². The van der Waals surface area contributed by atoms with Gasteiger partial charge in [0.15, 0.2) is 5.96 Å². The molecule has 1 aliphatic carbocycles. The van der Waals surface area contributed by atoms with Gasteiger partial charge in [0, 0.05) is 37.7 Å². The van der Waals surface area contributed by atoms with E-state index >= 15 is 0 Å². The average Bonchev–Trinajstić information content (AvgIpc) is 3.24. The van der Waals surface area contributed by atoms with E-state index in [2.05, 4.69) is 39.9 Å². The van der Waals surface area contributed by atoms with Gasteiger partial charge in [0.25, 0.3) is 0 Å². The van der Waals surface area contributed by atoms with Gasteiger partial charge in [0.1, 0.15) is 6.54 Å². The molecule has 1 amide bonds. The molecule has 0 unspecified atom stereocenters. The first-order chi connectivity index (χ1) is 14.5. The Bertz CT molecular complexity index is 822. The Labute approximate surface area is 179 Å². The number of nitrogens with one attached hydrogen (secondary N) is 3. The van der Waals surface area contributed by atoms with Crippen LogP contribution in [0.25, 0.3) is 0 Å². The lowest BCUT2D eigenvalue weighted by Crippen LogP contribution is -2.44. The van der Waals surface area contributed by atoms with Crippen LogP contribution < -0.4 is 16.0 Å². The maximum atomic E-state index is 12.2. The molecule has 3 rings (SSSR count). The van der Waals surface area contributed by atoms with Crippen molar-refractivity contribution in [2.75, 3.05) is 12.4 Å². The molecule has 1 aromatic heterocycles. The van der Waals surface area contributed by atoms with Crippen LogP contribution >= 0.6 is 0 Å². The van der Waals surface area contributed by atoms with E-state index in [1.807, 2.05) is 24.3 Å². The third-order valence-corrected chi connectivity index (χ3v) is 5.81. The smallest absolute Gasteiger partial charge is 0.246 e. The summed E-state index contributed by atoms with van der Waals surface area (Å²) in [4.78, 5) is 16.6. The summed E-state index contributed by atoms with van der Waals surface area (Å²) in [5.74, 6) is 2.36. The van der Waals surface area contributed by atoms with Crippen molar-refractivity contribution in [3.8, 4) is 0 Å². The second kappa shape index (κ2) is 10.8. The number of aliphatic imine (C=N–C) groups is 1. The number of guanidine groups is 1. The number of anilines is 1. The van der Waals surface area contributed by atoms with Crippen molar-refractivity contribution in [1.82, 2.24) is 20.4 Å². The number of nitrogens with zero attached hydrogens (tertiary/aromatic N) is 3. The van der Waals surface area contributed by atoms with Crippen LogP contribution in [-0.4, -0.2) is 34.7 Å². The van der Waals surface area contributed by atoms with E-state index in [9.17, 15) is 4.79 Å². The van der Waals surface area contributed by atoms with Crippen LogP contribution in [-0.2, 0) is 17.9 Å². The Kier molecular flexibility index (Phi) is 7.88. The van der Waals surface area contributed by atoms with Gasteiger partial charge in [-0.2, -0.15) is 5.10 Å². The third kappa shape index (κ3) is 6.61. The lowest BCUT2D eigenvalue weighted by atomic mass is 9.80. The number of amides is 1. The molecule has 30 heavy (non-hydrogen) atoms. The van der Waals surface area contributed by atoms with E-state index in [-0.39, 0.29) is 12.5 Å². The fourth-order valence-corrected chi connectivity index (χ4v) is 4.00. The Morgan fingerprint density at radius 3 is 2.70 bits per heavy atom. The van der Waals surface area contributed by atoms with Crippen LogP contribution in [0.3, 0.4) is 0 Å². The monoisotopic (exact) mass is 410 g/mol. The summed E-state index contributed by atoms with van der Waals surface area (Å²) in [7, 11) is 1.81. The minimum absolute atomic E-state index is 0.0988. The fourth-order valence-electron chi connectivity index (χ4n) is 4.00. The number of benzene rings is 1. The molecule has 1 aliphatic rings. The zero-order chi connectivity index (χ0) is 21.3. The summed E-state index contributed by atoms with van der Waals surface area (Å²) in [5, 5.41) is 13.9. The van der Waals surface area contributed by atoms with Crippen molar-refractivity contribution in [1.29, 1.82) is 0 Å². The van der Waals surface area contributed by atoms with Gasteiger partial charge in [-0.1, -0.05) is 26.0 Å². The van der Waals surface area contributed by atoms with Gasteiger partial charge in [0.2, 0.25) is 5.91 Å². The fraction of sp³-hybridized carbons (Fsp3) is 0.522. The van der Waals surface area contributed by atoms with Gasteiger partial charge >= 0.3 is 0 Å². The first-order valence-corrected chi connectivity index (χ1v) is 10.9. The number of carbonyl (C=O) groups excluding carboxylic acids is 1. The Balaban J connectivity index is 1.46. The Morgan fingerprint density at radius 2 is 2.03 bits per heavy atom. The molecule has 7 heteroatoms. The molecule has 1 heterocycles. The minimum atomic E-state index is -0.0988. The van der Waals surface area contributed by atoms with Crippen molar-refractivity contribution < 1.29 is 4.79 Å². The van der Waals surface area contributed by atoms with E-state index < -0.39 is 0 Å². The van der Waals surface area contributed by atoms with E-state index in [1.165, 1.54) is 25.7 Å². The van der Waals surface area contributed by atoms with Crippen LogP contribution in [0.4, 0.5) is 5.69 Å². The maximum Gasteiger partial charge on any atom is 0.246 e. The molecule has 0 aliphatic heterocycles. The van der Waals surface area contributed by atoms with E-state index in [4.69, 9.17) is 0 Å². The van der Waals surface area contributed by atoms with E-state index in [0.29, 0.717) is 12.6 Å². The highest BCUT2D eigenvalue weighted by molar-refractivity contribution is 5.90. The zero-order valence-electron chi connectivity index (χ0n) is 18.3. The van der Waals surface area contributed by atoms with Crippen molar-refractivity contribution in [3.63, 3.8) is 0 Å². The molecule has 0 saturated heterocycles. The first-order valence-electron chi connectivity index (χ1n) is 10.9. The van der Waals surface area contributed by atoms with E-state index in [1.54, 1.807) is 30.2 Å². The number of carbonyl (C=O) groups is 1. The molecule has 3 N–H and O–H groups in total. The van der Waals surface area contributed by atoms with Gasteiger partial charge in [-0.25, -0.2) is 0 Å². The highest BCUT2D eigenvalue weighted by atomic mass is 16.2. The highest BCUT2D eigenvalue weighted by Crippen LogP contribution is 2.29. The summed E-state index contributed by atoms with van der Waals surface area (Å²) in [6.45, 7) is 5.49. The van der Waals surface area contributed by atoms with E-state index in [0.717, 1.165) is 29.0 Å². The van der Waals surface area contributed by atoms with Gasteiger partial charge in [0.05, 0.1) is 0 Å². The lowest BCUT2D eigenvalue weighted by molar-refractivity contribution is -0.116. The van der Waals surface area contributed by atoms with Crippen molar-refractivity contribution in [3.05, 3.63) is 48.3 Å². The zero-order valence-corrected chi connectivity index (χ0v) is 18.3. The molecule has 162 valence electrons. The van der Waals surface area contributed by atoms with Crippen LogP contribution in [0.5, 0.6) is 0 Å². The molecule has 0 atom stereocenters. The maximum absolute atomic E-state index is 12.2. The lowest BCUT2D eigenvalue weighted by Gasteiger charge is -2.32. The van der Waals surface area contributed by atoms with Gasteiger partial charge in [-0.05, 0) is 61.3 Å². The predicted molar refractivity (Wildman–Crippen MR) is 121 cm³/mol. The molecular formula is C23H34N6O. The summed E-state index contributed by atoms with van der Waals surface area (Å²) in [6, 6.07) is 10.1. The summed E-state index contributed by atoms with van der Waals surface area (Å²) in [5.41, 5.74) is 1.86. The predicted octanol–water partition coefficient (Wildman–Crippen LogP) is 3.40. The van der Waals surface area contributed by atoms with Gasteiger partial charge in [-0.3, -0.25) is 14.5 Å². The van der Waals surface area contributed by atoms with Crippen molar-refractivity contribution in [2.45, 2.75) is 58.7 Å². The van der Waals surface area contributed by atoms with Crippen molar-refractivity contribution >= 4 is 17.6 Å². The normalized spacial score (nSPS) is 19.5. The second-order valence-corrected chi connectivity index (χ2v) is 8.38. The summed E-state index contributed by atoms with van der Waals surface area (Å²) < 4.78 is 1.60. The first kappa shape index (κ1) is 21.9. The Hall–Kier alpha value is -2.83. The molecule has 1 saturated carbocycles. The minimum Gasteiger partial charge on any atom is -0.354 e. The molecule has 1 aromatic carbocycles. The number of aromatic nitrogens is 2. The molecule has 7 nitrogen and oxygen atoms in total. The standard InChI is InChI=1S/C23H34N6O/c1-17(2)19-8-10-20(11-9-19)28-23(24-3)25-15-18-6-4-7-21(14-18)27-22(30)16-29-13-5-12-26-29/h4-7,12-14,17,19-20H,8-11,15-16H2,1-3H3,(H,27,30)(H2,24,25,28). The number of rotatable bonds is 7. The molecule has 0 radical (unpaired) electrons. The quantitative estimate of drug-likeness (QED) is 0.483. The largest absolute Gasteiger partial charge is 0.354 e. The average molecular weight is 411 g/mol. The van der Waals surface area contributed by atoms with Crippen LogP contribution in [0.15, 0.2) is 47.7 Å². The summed E-state index contributed by atoms with van der Waals surface area (Å²) in [6.07, 6.45) is 8.39. The highest BCUT2D eigenvalue weighted by Gasteiger charge is 2.23. The molecule has 0 bridgehead atoms. The third-order valence-electron chi connectivity index (χ3n) is 5.81. The number of hydrogen-bond donors (Lipinski definition) is 3. The van der Waals surface area contributed by atoms with Crippen LogP contribution in [0.1, 0.15) is 45.1 Å². The Morgan fingerprint density at radius 1 is 1.23 bits per heavy atom. The SMILES string of the molecule is CN=C(NCc1cccc(NC(=O)Cn2cccn2)c1)NC1CCC(C(C)C)CC1. The molecule has 0 spiro atoms. The van der Waals surface area contributed by atoms with Gasteiger partial charge < -0.3 is 16.0 Å². The topological polar surface area (TPSA) is 83.3 Å². The van der Waals surface area contributed by atoms with Crippen molar-refractivity contribution in [2.24, 2.45) is 16.8 Å². The number of hydrogen-bond acceptors (Lipinski definition) is 3. The van der Waals surface area contributed by atoms with Crippen LogP contribution in [0.2, 0.25) is 0 Å². The molecule has 2 aromatic rings. The van der Waals surface area contributed by atoms with Gasteiger partial charge in [-0.15, -0.1) is 0 Å².